The molecule has 1 aliphatic rings. The van der Waals surface area contributed by atoms with E-state index in [9.17, 15) is 22.8 Å². The summed E-state index contributed by atoms with van der Waals surface area (Å²) < 4.78 is 37.4. The largest absolute Gasteiger partial charge is 0.471 e. The second-order valence-electron chi connectivity index (χ2n) is 4.22. The Morgan fingerprint density at radius 2 is 2.05 bits per heavy atom. The number of carbonyl (C=O) groups excluding carboxylic acids is 2. The monoisotopic (exact) mass is 335 g/mol. The highest BCUT2D eigenvalue weighted by Gasteiger charge is 2.40. The fourth-order valence-electron chi connectivity index (χ4n) is 2.03. The van der Waals surface area contributed by atoms with E-state index >= 15 is 0 Å². The molecule has 1 amide bonds. The van der Waals surface area contributed by atoms with Crippen LogP contribution < -0.4 is 5.32 Å². The Labute approximate surface area is 115 Å². The maximum Gasteiger partial charge on any atom is 0.471 e. The summed E-state index contributed by atoms with van der Waals surface area (Å²) in [6, 6.07) is 3.96. The average molecular weight is 336 g/mol. The molecule has 0 saturated carbocycles. The summed E-state index contributed by atoms with van der Waals surface area (Å²) >= 11 is 3.20. The number of ketones is 1. The van der Waals surface area contributed by atoms with Gasteiger partial charge < -0.3 is 5.32 Å². The molecule has 19 heavy (non-hydrogen) atoms. The molecular weight excluding hydrogens is 327 g/mol. The fourth-order valence-corrected chi connectivity index (χ4v) is 2.39. The molecule has 0 bridgehead atoms. The van der Waals surface area contributed by atoms with Crippen LogP contribution in [-0.2, 0) is 4.79 Å². The summed E-state index contributed by atoms with van der Waals surface area (Å²) in [4.78, 5) is 22.7. The van der Waals surface area contributed by atoms with E-state index in [0.29, 0.717) is 15.6 Å². The number of amides is 1. The van der Waals surface area contributed by atoms with Gasteiger partial charge in [-0.25, -0.2) is 0 Å². The number of halogens is 4. The summed E-state index contributed by atoms with van der Waals surface area (Å²) in [5.74, 6) is -2.12. The van der Waals surface area contributed by atoms with Crippen LogP contribution in [-0.4, -0.2) is 17.9 Å². The van der Waals surface area contributed by atoms with E-state index in [1.165, 1.54) is 0 Å². The van der Waals surface area contributed by atoms with E-state index in [4.69, 9.17) is 0 Å². The van der Waals surface area contributed by atoms with Gasteiger partial charge in [-0.2, -0.15) is 13.2 Å². The van der Waals surface area contributed by atoms with Crippen molar-refractivity contribution in [3.63, 3.8) is 0 Å². The molecule has 0 heterocycles. The van der Waals surface area contributed by atoms with Gasteiger partial charge in [-0.3, -0.25) is 9.59 Å². The third-order valence-corrected chi connectivity index (χ3v) is 3.41. The molecule has 0 aliphatic heterocycles. The predicted octanol–water partition coefficient (Wildman–Crippen LogP) is 3.15. The quantitative estimate of drug-likeness (QED) is 0.856. The van der Waals surface area contributed by atoms with E-state index in [-0.39, 0.29) is 18.6 Å². The lowest BCUT2D eigenvalue weighted by atomic mass is 9.87. The van der Waals surface area contributed by atoms with Crippen molar-refractivity contribution in [3.8, 4) is 0 Å². The molecule has 0 aromatic heterocycles. The molecule has 0 saturated heterocycles. The van der Waals surface area contributed by atoms with Crippen LogP contribution in [0.25, 0.3) is 0 Å². The molecule has 1 aromatic rings. The van der Waals surface area contributed by atoms with Crippen molar-refractivity contribution in [2.24, 2.45) is 0 Å². The van der Waals surface area contributed by atoms with E-state index in [1.807, 2.05) is 5.32 Å². The molecule has 1 aromatic carbocycles. The summed E-state index contributed by atoms with van der Waals surface area (Å²) in [5.41, 5.74) is 0.783. The number of nitrogens with one attached hydrogen (secondary N) is 1. The first-order valence-corrected chi connectivity index (χ1v) is 6.28. The predicted molar refractivity (Wildman–Crippen MR) is 64.6 cm³/mol. The Hall–Kier alpha value is -1.37. The minimum absolute atomic E-state index is 0.117. The highest BCUT2D eigenvalue weighted by Crippen LogP contribution is 2.32. The third-order valence-electron chi connectivity index (χ3n) is 2.91. The van der Waals surface area contributed by atoms with Gasteiger partial charge in [0.25, 0.3) is 0 Å². The Balaban J connectivity index is 2.29. The number of rotatable bonds is 1. The zero-order chi connectivity index (χ0) is 14.2. The van der Waals surface area contributed by atoms with E-state index in [1.54, 1.807) is 18.2 Å². The maximum absolute atomic E-state index is 12.2. The van der Waals surface area contributed by atoms with Crippen LogP contribution in [0.2, 0.25) is 0 Å². The Morgan fingerprint density at radius 1 is 1.37 bits per heavy atom. The number of hydrogen-bond acceptors (Lipinski definition) is 2. The average Bonchev–Trinajstić information content (AvgIpc) is 2.31. The molecule has 0 radical (unpaired) electrons. The van der Waals surface area contributed by atoms with Gasteiger partial charge in [-0.15, -0.1) is 0 Å². The van der Waals surface area contributed by atoms with Crippen LogP contribution in [0.5, 0.6) is 0 Å². The first-order valence-electron chi connectivity index (χ1n) is 5.49. The smallest absolute Gasteiger partial charge is 0.341 e. The van der Waals surface area contributed by atoms with E-state index in [2.05, 4.69) is 15.9 Å². The summed E-state index contributed by atoms with van der Waals surface area (Å²) in [6.45, 7) is 0. The maximum atomic E-state index is 12.2. The number of hydrogen-bond donors (Lipinski definition) is 1. The van der Waals surface area contributed by atoms with Gasteiger partial charge in [-0.05, 0) is 24.1 Å². The number of carbonyl (C=O) groups is 2. The van der Waals surface area contributed by atoms with Gasteiger partial charge in [0.15, 0.2) is 5.78 Å². The van der Waals surface area contributed by atoms with Crippen LogP contribution in [0, 0.1) is 0 Å². The second-order valence-corrected chi connectivity index (χ2v) is 5.13. The zero-order valence-corrected chi connectivity index (χ0v) is 11.1. The number of fused-ring (bicyclic) bond motifs is 1. The first-order chi connectivity index (χ1) is 8.79. The lowest BCUT2D eigenvalue weighted by molar-refractivity contribution is -0.174. The Bertz CT molecular complexity index is 542. The molecule has 1 atom stereocenters. The van der Waals surface area contributed by atoms with Crippen molar-refractivity contribution in [1.82, 2.24) is 5.32 Å². The number of alkyl halides is 3. The van der Waals surface area contributed by atoms with Gasteiger partial charge in [0.2, 0.25) is 0 Å². The number of benzene rings is 1. The summed E-state index contributed by atoms with van der Waals surface area (Å²) in [5, 5.41) is 1.92. The van der Waals surface area contributed by atoms with Crippen molar-refractivity contribution in [2.75, 3.05) is 0 Å². The number of Topliss-reactive ketones (excluding diaryl/α,β-unsaturated/α-hetero) is 1. The third kappa shape index (κ3) is 2.97. The first kappa shape index (κ1) is 14.0. The van der Waals surface area contributed by atoms with Crippen molar-refractivity contribution in [2.45, 2.75) is 25.1 Å². The molecule has 102 valence electrons. The highest BCUT2D eigenvalue weighted by atomic mass is 79.9. The molecule has 0 spiro atoms. The lowest BCUT2D eigenvalue weighted by Crippen LogP contribution is -2.40. The lowest BCUT2D eigenvalue weighted by Gasteiger charge is -2.26. The van der Waals surface area contributed by atoms with Gasteiger partial charge in [0, 0.05) is 16.5 Å². The molecule has 1 unspecified atom stereocenters. The summed E-state index contributed by atoms with van der Waals surface area (Å²) in [6.07, 6.45) is -4.63. The van der Waals surface area contributed by atoms with Crippen molar-refractivity contribution >= 4 is 27.6 Å². The van der Waals surface area contributed by atoms with E-state index in [0.717, 1.165) is 0 Å². The van der Waals surface area contributed by atoms with Crippen molar-refractivity contribution < 1.29 is 22.8 Å². The van der Waals surface area contributed by atoms with Crippen LogP contribution in [0.4, 0.5) is 13.2 Å². The minimum Gasteiger partial charge on any atom is -0.341 e. The SMILES string of the molecule is O=C1CCC(NC(=O)C(F)(F)F)c2ccc(Br)cc21. The normalized spacial score (nSPS) is 18.9. The molecule has 2 rings (SSSR count). The Kier molecular flexibility index (Phi) is 3.66. The standard InChI is InChI=1S/C12H9BrF3NO2/c13-6-1-2-7-8(5-6)10(18)4-3-9(7)17-11(19)12(14,15)16/h1-2,5,9H,3-4H2,(H,17,19). The van der Waals surface area contributed by atoms with Crippen molar-refractivity contribution in [1.29, 1.82) is 0 Å². The van der Waals surface area contributed by atoms with Crippen LogP contribution in [0.1, 0.15) is 34.8 Å². The van der Waals surface area contributed by atoms with Gasteiger partial charge in [0.05, 0.1) is 6.04 Å². The van der Waals surface area contributed by atoms with Crippen LogP contribution >= 0.6 is 15.9 Å². The topological polar surface area (TPSA) is 46.2 Å². The molecule has 0 fully saturated rings. The minimum atomic E-state index is -4.92. The van der Waals surface area contributed by atoms with Crippen molar-refractivity contribution in [3.05, 3.63) is 33.8 Å². The second kappa shape index (κ2) is 4.96. The van der Waals surface area contributed by atoms with E-state index < -0.39 is 18.1 Å². The molecule has 1 aliphatic carbocycles. The summed E-state index contributed by atoms with van der Waals surface area (Å²) in [7, 11) is 0. The molecule has 1 N–H and O–H groups in total. The Morgan fingerprint density at radius 3 is 2.68 bits per heavy atom. The van der Waals surface area contributed by atoms with Gasteiger partial charge in [-0.1, -0.05) is 22.0 Å². The fraction of sp³-hybridized carbons (Fsp3) is 0.333. The van der Waals surface area contributed by atoms with Gasteiger partial charge in [0.1, 0.15) is 0 Å². The molecule has 3 nitrogen and oxygen atoms in total. The van der Waals surface area contributed by atoms with Crippen LogP contribution in [0.3, 0.4) is 0 Å². The highest BCUT2D eigenvalue weighted by molar-refractivity contribution is 9.10. The zero-order valence-electron chi connectivity index (χ0n) is 9.55. The molecular formula is C12H9BrF3NO2. The van der Waals surface area contributed by atoms with Crippen LogP contribution in [0.15, 0.2) is 22.7 Å². The molecule has 7 heteroatoms. The van der Waals surface area contributed by atoms with Gasteiger partial charge >= 0.3 is 12.1 Å².